The molecular weight excluding hydrogens is 288 g/mol. The topological polar surface area (TPSA) is 49.3 Å². The summed E-state index contributed by atoms with van der Waals surface area (Å²) in [6.45, 7) is 4.18. The number of benzene rings is 1. The Morgan fingerprint density at radius 3 is 3.09 bits per heavy atom. The van der Waals surface area contributed by atoms with Gasteiger partial charge in [0.15, 0.2) is 0 Å². The van der Waals surface area contributed by atoms with Gasteiger partial charge in [0.1, 0.15) is 6.33 Å². The van der Waals surface area contributed by atoms with Crippen molar-refractivity contribution in [1.82, 2.24) is 14.9 Å². The van der Waals surface area contributed by atoms with E-state index in [4.69, 9.17) is 0 Å². The van der Waals surface area contributed by atoms with Crippen molar-refractivity contribution in [2.24, 2.45) is 0 Å². The molecule has 1 atom stereocenters. The highest BCUT2D eigenvalue weighted by Gasteiger charge is 2.31. The standard InChI is InChI=1S/C18H20N4O/c1-13-8-14-4-2-3-5-17(14)22(13)18(23)11-21-7-6-15-9-19-12-20-16(15)10-21/h2-5,9,12-13H,6-8,10-11H2,1H3/t13-/m1/s1. The van der Waals surface area contributed by atoms with Gasteiger partial charge in [-0.05, 0) is 37.0 Å². The molecule has 0 aliphatic carbocycles. The number of para-hydroxylation sites is 1. The third kappa shape index (κ3) is 2.61. The number of anilines is 1. The third-order valence-corrected chi connectivity index (χ3v) is 4.79. The molecular formula is C18H20N4O. The molecule has 0 unspecified atom stereocenters. The average molecular weight is 308 g/mol. The number of aromatic nitrogens is 2. The molecule has 1 amide bonds. The zero-order chi connectivity index (χ0) is 15.8. The zero-order valence-corrected chi connectivity index (χ0v) is 13.3. The second-order valence-electron chi connectivity index (χ2n) is 6.40. The molecule has 4 rings (SSSR count). The molecule has 0 saturated heterocycles. The van der Waals surface area contributed by atoms with Crippen LogP contribution < -0.4 is 4.90 Å². The summed E-state index contributed by atoms with van der Waals surface area (Å²) in [7, 11) is 0. The first-order valence-corrected chi connectivity index (χ1v) is 8.12. The van der Waals surface area contributed by atoms with E-state index in [0.717, 1.165) is 37.3 Å². The van der Waals surface area contributed by atoms with Crippen LogP contribution in [0.2, 0.25) is 0 Å². The highest BCUT2D eigenvalue weighted by molar-refractivity contribution is 5.97. The highest BCUT2D eigenvalue weighted by atomic mass is 16.2. The van der Waals surface area contributed by atoms with E-state index >= 15 is 0 Å². The van der Waals surface area contributed by atoms with E-state index < -0.39 is 0 Å². The fraction of sp³-hybridized carbons (Fsp3) is 0.389. The second kappa shape index (κ2) is 5.74. The van der Waals surface area contributed by atoms with Crippen LogP contribution in [0.5, 0.6) is 0 Å². The van der Waals surface area contributed by atoms with Gasteiger partial charge in [-0.3, -0.25) is 9.69 Å². The molecule has 0 radical (unpaired) electrons. The lowest BCUT2D eigenvalue weighted by molar-refractivity contribution is -0.120. The predicted molar refractivity (Wildman–Crippen MR) is 88.1 cm³/mol. The number of carbonyl (C=O) groups is 1. The van der Waals surface area contributed by atoms with E-state index in [0.29, 0.717) is 6.54 Å². The smallest absolute Gasteiger partial charge is 0.241 e. The lowest BCUT2D eigenvalue weighted by Crippen LogP contribution is -2.44. The van der Waals surface area contributed by atoms with Gasteiger partial charge < -0.3 is 4.90 Å². The van der Waals surface area contributed by atoms with Crippen LogP contribution in [-0.4, -0.2) is 39.9 Å². The summed E-state index contributed by atoms with van der Waals surface area (Å²) < 4.78 is 0. The lowest BCUT2D eigenvalue weighted by atomic mass is 10.1. The SMILES string of the molecule is C[C@@H]1Cc2ccccc2N1C(=O)CN1CCc2cncnc2C1. The van der Waals surface area contributed by atoms with Crippen molar-refractivity contribution in [2.45, 2.75) is 32.4 Å². The van der Waals surface area contributed by atoms with Crippen LogP contribution in [0.3, 0.4) is 0 Å². The van der Waals surface area contributed by atoms with Crippen molar-refractivity contribution in [3.05, 3.63) is 53.6 Å². The van der Waals surface area contributed by atoms with Crippen LogP contribution in [0.4, 0.5) is 5.69 Å². The van der Waals surface area contributed by atoms with E-state index in [1.165, 1.54) is 11.1 Å². The number of fused-ring (bicyclic) bond motifs is 2. The van der Waals surface area contributed by atoms with Gasteiger partial charge in [0.05, 0.1) is 12.2 Å². The van der Waals surface area contributed by atoms with Gasteiger partial charge >= 0.3 is 0 Å². The first-order chi connectivity index (χ1) is 11.2. The summed E-state index contributed by atoms with van der Waals surface area (Å²) in [5, 5.41) is 0. The largest absolute Gasteiger partial charge is 0.308 e. The molecule has 2 aliphatic rings. The molecule has 5 nitrogen and oxygen atoms in total. The van der Waals surface area contributed by atoms with Gasteiger partial charge in [-0.1, -0.05) is 18.2 Å². The molecule has 1 aromatic heterocycles. The van der Waals surface area contributed by atoms with E-state index in [2.05, 4.69) is 33.9 Å². The van der Waals surface area contributed by atoms with Crippen molar-refractivity contribution < 1.29 is 4.79 Å². The van der Waals surface area contributed by atoms with Crippen molar-refractivity contribution >= 4 is 11.6 Å². The van der Waals surface area contributed by atoms with Crippen LogP contribution in [0.15, 0.2) is 36.8 Å². The summed E-state index contributed by atoms with van der Waals surface area (Å²) in [6.07, 6.45) is 5.33. The zero-order valence-electron chi connectivity index (χ0n) is 13.3. The number of hydrogen-bond acceptors (Lipinski definition) is 4. The monoisotopic (exact) mass is 308 g/mol. The van der Waals surface area contributed by atoms with Gasteiger partial charge in [-0.15, -0.1) is 0 Å². The molecule has 2 aliphatic heterocycles. The Morgan fingerprint density at radius 1 is 1.30 bits per heavy atom. The molecule has 0 fully saturated rings. The molecule has 23 heavy (non-hydrogen) atoms. The summed E-state index contributed by atoms with van der Waals surface area (Å²) in [6, 6.07) is 8.45. The van der Waals surface area contributed by atoms with Crippen LogP contribution in [0.25, 0.3) is 0 Å². The molecule has 0 bridgehead atoms. The van der Waals surface area contributed by atoms with Crippen LogP contribution in [0, 0.1) is 0 Å². The van der Waals surface area contributed by atoms with Crippen LogP contribution in [-0.2, 0) is 24.2 Å². The Kier molecular flexibility index (Phi) is 3.58. The van der Waals surface area contributed by atoms with Gasteiger partial charge in [0.2, 0.25) is 5.91 Å². The van der Waals surface area contributed by atoms with E-state index in [-0.39, 0.29) is 11.9 Å². The minimum Gasteiger partial charge on any atom is -0.308 e. The fourth-order valence-corrected chi connectivity index (χ4v) is 3.65. The van der Waals surface area contributed by atoms with Crippen LogP contribution >= 0.6 is 0 Å². The average Bonchev–Trinajstić information content (AvgIpc) is 2.90. The van der Waals surface area contributed by atoms with E-state index in [1.807, 2.05) is 23.2 Å². The van der Waals surface area contributed by atoms with E-state index in [1.54, 1.807) is 6.33 Å². The predicted octanol–water partition coefficient (Wildman–Crippen LogP) is 1.81. The fourth-order valence-electron chi connectivity index (χ4n) is 3.65. The van der Waals surface area contributed by atoms with Crippen molar-refractivity contribution in [2.75, 3.05) is 18.0 Å². The minimum atomic E-state index is 0.181. The van der Waals surface area contributed by atoms with Gasteiger partial charge in [-0.2, -0.15) is 0 Å². The number of hydrogen-bond donors (Lipinski definition) is 0. The molecule has 118 valence electrons. The third-order valence-electron chi connectivity index (χ3n) is 4.79. The first-order valence-electron chi connectivity index (χ1n) is 8.12. The molecule has 3 heterocycles. The maximum Gasteiger partial charge on any atom is 0.241 e. The Hall–Kier alpha value is -2.27. The maximum absolute atomic E-state index is 12.9. The molecule has 5 heteroatoms. The molecule has 2 aromatic rings. The Balaban J connectivity index is 1.49. The number of carbonyl (C=O) groups excluding carboxylic acids is 1. The van der Waals surface area contributed by atoms with Crippen molar-refractivity contribution in [3.8, 4) is 0 Å². The van der Waals surface area contributed by atoms with Gasteiger partial charge in [-0.25, -0.2) is 9.97 Å². The van der Waals surface area contributed by atoms with Crippen molar-refractivity contribution in [1.29, 1.82) is 0 Å². The maximum atomic E-state index is 12.9. The van der Waals surface area contributed by atoms with E-state index in [9.17, 15) is 4.79 Å². The normalized spacial score (nSPS) is 20.2. The summed E-state index contributed by atoms with van der Waals surface area (Å²) >= 11 is 0. The number of nitrogens with zero attached hydrogens (tertiary/aromatic N) is 4. The molecule has 0 N–H and O–H groups in total. The van der Waals surface area contributed by atoms with Crippen LogP contribution in [0.1, 0.15) is 23.7 Å². The molecule has 1 aromatic carbocycles. The summed E-state index contributed by atoms with van der Waals surface area (Å²) in [5.41, 5.74) is 4.60. The van der Waals surface area contributed by atoms with Gasteiger partial charge in [0.25, 0.3) is 0 Å². The Bertz CT molecular complexity index is 745. The molecule has 0 saturated carbocycles. The summed E-state index contributed by atoms with van der Waals surface area (Å²) in [5.74, 6) is 0.181. The second-order valence-corrected chi connectivity index (χ2v) is 6.40. The number of rotatable bonds is 2. The Morgan fingerprint density at radius 2 is 2.17 bits per heavy atom. The Labute approximate surface area is 136 Å². The molecule has 0 spiro atoms. The lowest BCUT2D eigenvalue weighted by Gasteiger charge is -2.30. The quantitative estimate of drug-likeness (QED) is 0.849. The summed E-state index contributed by atoms with van der Waals surface area (Å²) in [4.78, 5) is 25.4. The first kappa shape index (κ1) is 14.3. The number of amides is 1. The van der Waals surface area contributed by atoms with Gasteiger partial charge in [0, 0.05) is 31.0 Å². The highest BCUT2D eigenvalue weighted by Crippen LogP contribution is 2.32. The van der Waals surface area contributed by atoms with Crippen molar-refractivity contribution in [3.63, 3.8) is 0 Å². The minimum absolute atomic E-state index is 0.181.